The third-order valence-electron chi connectivity index (χ3n) is 3.34. The van der Waals surface area contributed by atoms with E-state index in [9.17, 15) is 5.11 Å². The number of benzene rings is 1. The van der Waals surface area contributed by atoms with Crippen molar-refractivity contribution in [2.45, 2.75) is 39.3 Å². The van der Waals surface area contributed by atoms with Crippen LogP contribution < -0.4 is 0 Å². The van der Waals surface area contributed by atoms with Gasteiger partial charge >= 0.3 is 0 Å². The standard InChI is InChI=1S/C15H18Br2N2O/c1-3-12-15(17)13(19(4-2)18-12)9-14(20)10-5-7-11(16)8-6-10/h5-8,14,20H,3-4,9H2,1-2H3. The van der Waals surface area contributed by atoms with Crippen molar-refractivity contribution in [1.82, 2.24) is 9.78 Å². The largest absolute Gasteiger partial charge is 0.388 e. The van der Waals surface area contributed by atoms with Crippen molar-refractivity contribution in [2.75, 3.05) is 0 Å². The molecule has 1 aromatic carbocycles. The summed E-state index contributed by atoms with van der Waals surface area (Å²) >= 11 is 7.02. The van der Waals surface area contributed by atoms with Crippen molar-refractivity contribution >= 4 is 31.9 Å². The Hall–Kier alpha value is -0.650. The Balaban J connectivity index is 2.25. The minimum atomic E-state index is -0.522. The van der Waals surface area contributed by atoms with Gasteiger partial charge in [-0.15, -0.1) is 0 Å². The molecule has 0 fully saturated rings. The Bertz CT molecular complexity index is 578. The number of aliphatic hydroxyl groups is 1. The van der Waals surface area contributed by atoms with Crippen molar-refractivity contribution in [3.8, 4) is 0 Å². The van der Waals surface area contributed by atoms with E-state index in [1.807, 2.05) is 28.9 Å². The lowest BCUT2D eigenvalue weighted by Crippen LogP contribution is -2.09. The molecule has 0 spiro atoms. The summed E-state index contributed by atoms with van der Waals surface area (Å²) in [7, 11) is 0. The first-order chi connectivity index (χ1) is 9.56. The molecule has 20 heavy (non-hydrogen) atoms. The summed E-state index contributed by atoms with van der Waals surface area (Å²) in [6.45, 7) is 4.96. The first-order valence-electron chi connectivity index (χ1n) is 6.74. The topological polar surface area (TPSA) is 38.0 Å². The first-order valence-corrected chi connectivity index (χ1v) is 8.33. The molecule has 1 atom stereocenters. The van der Waals surface area contributed by atoms with Crippen LogP contribution in [0.2, 0.25) is 0 Å². The lowest BCUT2D eigenvalue weighted by molar-refractivity contribution is 0.175. The van der Waals surface area contributed by atoms with Crippen molar-refractivity contribution in [1.29, 1.82) is 0 Å². The third-order valence-corrected chi connectivity index (χ3v) is 4.78. The van der Waals surface area contributed by atoms with E-state index >= 15 is 0 Å². The van der Waals surface area contributed by atoms with Crippen LogP contribution in [0.4, 0.5) is 0 Å². The van der Waals surface area contributed by atoms with E-state index in [4.69, 9.17) is 0 Å². The molecule has 0 radical (unpaired) electrons. The fourth-order valence-electron chi connectivity index (χ4n) is 2.20. The van der Waals surface area contributed by atoms with Crippen molar-refractivity contribution < 1.29 is 5.11 Å². The van der Waals surface area contributed by atoms with E-state index in [0.717, 1.165) is 38.9 Å². The van der Waals surface area contributed by atoms with E-state index in [1.54, 1.807) is 0 Å². The normalized spacial score (nSPS) is 12.7. The van der Waals surface area contributed by atoms with Gasteiger partial charge in [-0.2, -0.15) is 5.10 Å². The minimum Gasteiger partial charge on any atom is -0.388 e. The van der Waals surface area contributed by atoms with Crippen LogP contribution in [0.5, 0.6) is 0 Å². The molecular weight excluding hydrogens is 384 g/mol. The summed E-state index contributed by atoms with van der Waals surface area (Å²) < 4.78 is 4.00. The van der Waals surface area contributed by atoms with Crippen molar-refractivity contribution in [3.05, 3.63) is 50.2 Å². The average molecular weight is 402 g/mol. The highest BCUT2D eigenvalue weighted by molar-refractivity contribution is 9.10. The van der Waals surface area contributed by atoms with Gasteiger partial charge in [0.1, 0.15) is 0 Å². The van der Waals surface area contributed by atoms with Gasteiger partial charge in [-0.1, -0.05) is 35.0 Å². The summed E-state index contributed by atoms with van der Waals surface area (Å²) in [6.07, 6.45) is 0.920. The van der Waals surface area contributed by atoms with Gasteiger partial charge in [-0.05, 0) is 47.0 Å². The van der Waals surface area contributed by atoms with Gasteiger partial charge in [0.2, 0.25) is 0 Å². The number of aliphatic hydroxyl groups excluding tert-OH is 1. The molecule has 2 rings (SSSR count). The van der Waals surface area contributed by atoms with Gasteiger partial charge in [0.05, 0.1) is 22.0 Å². The van der Waals surface area contributed by atoms with Crippen LogP contribution >= 0.6 is 31.9 Å². The fraction of sp³-hybridized carbons (Fsp3) is 0.400. The Morgan fingerprint density at radius 1 is 1.20 bits per heavy atom. The molecular formula is C15H18Br2N2O. The number of nitrogens with zero attached hydrogens (tertiary/aromatic N) is 2. The number of halogens is 2. The summed E-state index contributed by atoms with van der Waals surface area (Å²) in [5, 5.41) is 15.0. The summed E-state index contributed by atoms with van der Waals surface area (Å²) in [5.41, 5.74) is 3.02. The number of aromatic nitrogens is 2. The van der Waals surface area contributed by atoms with Crippen molar-refractivity contribution in [2.24, 2.45) is 0 Å². The molecule has 0 aliphatic carbocycles. The van der Waals surface area contributed by atoms with Gasteiger partial charge in [-0.25, -0.2) is 0 Å². The maximum atomic E-state index is 10.4. The lowest BCUT2D eigenvalue weighted by atomic mass is 10.0. The molecule has 0 aliphatic heterocycles. The molecule has 1 unspecified atom stereocenters. The highest BCUT2D eigenvalue weighted by Gasteiger charge is 2.18. The molecule has 1 heterocycles. The van der Waals surface area contributed by atoms with E-state index in [0.29, 0.717) is 6.42 Å². The quantitative estimate of drug-likeness (QED) is 0.812. The van der Waals surface area contributed by atoms with Gasteiger partial charge in [0.25, 0.3) is 0 Å². The predicted molar refractivity (Wildman–Crippen MR) is 87.8 cm³/mol. The maximum absolute atomic E-state index is 10.4. The Morgan fingerprint density at radius 2 is 1.85 bits per heavy atom. The lowest BCUT2D eigenvalue weighted by Gasteiger charge is -2.12. The molecule has 0 saturated carbocycles. The Kier molecular flexibility index (Phi) is 5.41. The SMILES string of the molecule is CCc1nn(CC)c(CC(O)c2ccc(Br)cc2)c1Br. The zero-order chi connectivity index (χ0) is 14.7. The first kappa shape index (κ1) is 15.7. The molecule has 0 saturated heterocycles. The summed E-state index contributed by atoms with van der Waals surface area (Å²) in [5.74, 6) is 0. The molecule has 2 aromatic rings. The molecule has 0 amide bonds. The van der Waals surface area contributed by atoms with Crippen LogP contribution in [0.15, 0.2) is 33.2 Å². The second-order valence-corrected chi connectivity index (χ2v) is 6.36. The van der Waals surface area contributed by atoms with E-state index in [1.165, 1.54) is 0 Å². The highest BCUT2D eigenvalue weighted by Crippen LogP contribution is 2.27. The predicted octanol–water partition coefficient (Wildman–Crippen LogP) is 4.27. The van der Waals surface area contributed by atoms with E-state index in [2.05, 4.69) is 50.8 Å². The fourth-order valence-corrected chi connectivity index (χ4v) is 3.19. The monoisotopic (exact) mass is 400 g/mol. The second kappa shape index (κ2) is 6.87. The molecule has 3 nitrogen and oxygen atoms in total. The summed E-state index contributed by atoms with van der Waals surface area (Å²) in [6, 6.07) is 7.77. The third kappa shape index (κ3) is 3.32. The number of hydrogen-bond acceptors (Lipinski definition) is 2. The molecule has 1 N–H and O–H groups in total. The van der Waals surface area contributed by atoms with Crippen LogP contribution in [0.25, 0.3) is 0 Å². The van der Waals surface area contributed by atoms with Gasteiger partial charge < -0.3 is 5.11 Å². The molecule has 1 aromatic heterocycles. The number of rotatable bonds is 5. The minimum absolute atomic E-state index is 0.522. The maximum Gasteiger partial charge on any atom is 0.0845 e. The molecule has 5 heteroatoms. The second-order valence-electron chi connectivity index (χ2n) is 4.65. The highest BCUT2D eigenvalue weighted by atomic mass is 79.9. The zero-order valence-electron chi connectivity index (χ0n) is 11.6. The van der Waals surface area contributed by atoms with Crippen LogP contribution in [0.1, 0.15) is 36.9 Å². The molecule has 108 valence electrons. The van der Waals surface area contributed by atoms with Crippen LogP contribution in [0.3, 0.4) is 0 Å². The Labute approximate surface area is 136 Å². The Morgan fingerprint density at radius 3 is 2.40 bits per heavy atom. The van der Waals surface area contributed by atoms with Gasteiger partial charge in [0.15, 0.2) is 0 Å². The zero-order valence-corrected chi connectivity index (χ0v) is 14.8. The van der Waals surface area contributed by atoms with Crippen LogP contribution in [0, 0.1) is 0 Å². The van der Waals surface area contributed by atoms with Crippen molar-refractivity contribution in [3.63, 3.8) is 0 Å². The van der Waals surface area contributed by atoms with Gasteiger partial charge in [0, 0.05) is 17.4 Å². The molecule has 0 bridgehead atoms. The van der Waals surface area contributed by atoms with E-state index in [-0.39, 0.29) is 0 Å². The number of aryl methyl sites for hydroxylation is 2. The summed E-state index contributed by atoms with van der Waals surface area (Å²) in [4.78, 5) is 0. The molecule has 0 aliphatic rings. The van der Waals surface area contributed by atoms with Crippen LogP contribution in [-0.2, 0) is 19.4 Å². The van der Waals surface area contributed by atoms with E-state index < -0.39 is 6.10 Å². The van der Waals surface area contributed by atoms with Crippen LogP contribution in [-0.4, -0.2) is 14.9 Å². The average Bonchev–Trinajstić information content (AvgIpc) is 2.76. The smallest absolute Gasteiger partial charge is 0.0845 e. The number of hydrogen-bond donors (Lipinski definition) is 1. The van der Waals surface area contributed by atoms with Gasteiger partial charge in [-0.3, -0.25) is 4.68 Å².